The maximum absolute atomic E-state index is 4.25. The second-order valence-electron chi connectivity index (χ2n) is 5.77. The average molecular weight is 337 g/mol. The summed E-state index contributed by atoms with van der Waals surface area (Å²) in [5.41, 5.74) is 0. The molecule has 5 heteroatoms. The third kappa shape index (κ3) is 32.9. The summed E-state index contributed by atoms with van der Waals surface area (Å²) >= 11 is 0. The SMILES string of the molecule is CC(C)N=CC[N-]C(C)C.CC(C)N=CC[N-]C(C)C.[Mn]. The average Bonchev–Trinajstić information content (AvgIpc) is 2.30. The zero-order valence-electron chi connectivity index (χ0n) is 15.0. The molecule has 0 bridgehead atoms. The molecular formula is C16H34MnN4-2. The van der Waals surface area contributed by atoms with Crippen LogP contribution in [0.15, 0.2) is 9.98 Å². The van der Waals surface area contributed by atoms with Crippen LogP contribution in [0.1, 0.15) is 55.4 Å². The first-order valence-electron chi connectivity index (χ1n) is 7.62. The minimum Gasteiger partial charge on any atom is -0.655 e. The molecule has 0 aromatic heterocycles. The minimum absolute atomic E-state index is 0. The normalized spacial score (nSPS) is 11.6. The molecule has 0 saturated carbocycles. The molecule has 0 spiro atoms. The fraction of sp³-hybridized carbons (Fsp3) is 0.875. The van der Waals surface area contributed by atoms with Crippen LogP contribution in [0.2, 0.25) is 0 Å². The number of hydrogen-bond donors (Lipinski definition) is 0. The largest absolute Gasteiger partial charge is 0.655 e. The van der Waals surface area contributed by atoms with Gasteiger partial charge in [0.1, 0.15) is 0 Å². The van der Waals surface area contributed by atoms with E-state index in [1.54, 1.807) is 0 Å². The van der Waals surface area contributed by atoms with Crippen molar-refractivity contribution in [2.45, 2.75) is 79.6 Å². The predicted molar refractivity (Wildman–Crippen MR) is 94.0 cm³/mol. The van der Waals surface area contributed by atoms with Crippen LogP contribution in [0, 0.1) is 0 Å². The van der Waals surface area contributed by atoms with E-state index in [0.717, 1.165) is 13.1 Å². The van der Waals surface area contributed by atoms with E-state index < -0.39 is 0 Å². The predicted octanol–water partition coefficient (Wildman–Crippen LogP) is 4.49. The molecule has 1 radical (unpaired) electrons. The molecule has 0 aromatic carbocycles. The molecule has 0 unspecified atom stereocenters. The van der Waals surface area contributed by atoms with Crippen molar-refractivity contribution in [1.29, 1.82) is 0 Å². The Morgan fingerprint density at radius 2 is 0.952 bits per heavy atom. The minimum atomic E-state index is 0. The van der Waals surface area contributed by atoms with E-state index >= 15 is 0 Å². The molecule has 0 fully saturated rings. The summed E-state index contributed by atoms with van der Waals surface area (Å²) in [6, 6.07) is 1.67. The van der Waals surface area contributed by atoms with Crippen LogP contribution in [0.4, 0.5) is 0 Å². The summed E-state index contributed by atoms with van der Waals surface area (Å²) in [6.45, 7) is 18.1. The fourth-order valence-corrected chi connectivity index (χ4v) is 1.03. The van der Waals surface area contributed by atoms with E-state index in [1.165, 1.54) is 0 Å². The van der Waals surface area contributed by atoms with Crippen LogP contribution in [-0.2, 0) is 17.1 Å². The number of aliphatic imine (C=N–C) groups is 2. The topological polar surface area (TPSA) is 52.9 Å². The van der Waals surface area contributed by atoms with Crippen LogP contribution in [-0.4, -0.2) is 49.7 Å². The number of hydrogen-bond acceptors (Lipinski definition) is 2. The van der Waals surface area contributed by atoms with Gasteiger partial charge in [-0.1, -0.05) is 27.7 Å². The van der Waals surface area contributed by atoms with Crippen molar-refractivity contribution >= 4 is 12.4 Å². The molecule has 127 valence electrons. The standard InChI is InChI=1S/2C8H17N2.Mn/c2*1-7(2)9-5-6-10-8(3)4;/h2*5,7-8H,6H2,1-4H3;/q2*-1;. The molecule has 21 heavy (non-hydrogen) atoms. The number of nitrogens with zero attached hydrogens (tertiary/aromatic N) is 4. The van der Waals surface area contributed by atoms with Gasteiger partial charge in [-0.05, 0) is 40.1 Å². The quantitative estimate of drug-likeness (QED) is 0.463. The van der Waals surface area contributed by atoms with Gasteiger partial charge in [-0.15, -0.1) is 25.2 Å². The first-order chi connectivity index (χ1) is 9.25. The molecule has 4 nitrogen and oxygen atoms in total. The van der Waals surface area contributed by atoms with Crippen LogP contribution < -0.4 is 0 Å². The van der Waals surface area contributed by atoms with Crippen molar-refractivity contribution in [1.82, 2.24) is 0 Å². The molecule has 0 aromatic rings. The number of rotatable bonds is 8. The van der Waals surface area contributed by atoms with Crippen molar-refractivity contribution in [2.24, 2.45) is 9.98 Å². The Labute approximate surface area is 143 Å². The van der Waals surface area contributed by atoms with Gasteiger partial charge < -0.3 is 10.6 Å². The third-order valence-corrected chi connectivity index (χ3v) is 1.91. The molecular weight excluding hydrogens is 303 g/mol. The van der Waals surface area contributed by atoms with E-state index in [2.05, 4.69) is 76.0 Å². The summed E-state index contributed by atoms with van der Waals surface area (Å²) in [6.07, 6.45) is 3.76. The Kier molecular flexibility index (Phi) is 21.8. The van der Waals surface area contributed by atoms with Gasteiger partial charge in [0.2, 0.25) is 0 Å². The van der Waals surface area contributed by atoms with Gasteiger partial charge in [0.15, 0.2) is 0 Å². The van der Waals surface area contributed by atoms with Crippen molar-refractivity contribution < 1.29 is 17.1 Å². The van der Waals surface area contributed by atoms with E-state index in [-0.39, 0.29) is 17.1 Å². The smallest absolute Gasteiger partial charge is 0.0438 e. The van der Waals surface area contributed by atoms with Crippen LogP contribution in [0.5, 0.6) is 0 Å². The zero-order valence-corrected chi connectivity index (χ0v) is 16.2. The van der Waals surface area contributed by atoms with Gasteiger partial charge in [0.05, 0.1) is 0 Å². The van der Waals surface area contributed by atoms with Gasteiger partial charge in [0, 0.05) is 29.2 Å². The second kappa shape index (κ2) is 17.8. The molecule has 0 aliphatic heterocycles. The Morgan fingerprint density at radius 3 is 1.14 bits per heavy atom. The van der Waals surface area contributed by atoms with Crippen molar-refractivity contribution in [2.75, 3.05) is 13.1 Å². The first-order valence-corrected chi connectivity index (χ1v) is 7.62. The molecule has 0 amide bonds. The zero-order chi connectivity index (χ0) is 16.0. The van der Waals surface area contributed by atoms with Crippen molar-refractivity contribution in [3.8, 4) is 0 Å². The van der Waals surface area contributed by atoms with Gasteiger partial charge in [-0.25, -0.2) is 0 Å². The van der Waals surface area contributed by atoms with Crippen molar-refractivity contribution in [3.63, 3.8) is 0 Å². The van der Waals surface area contributed by atoms with Gasteiger partial charge in [-0.2, -0.15) is 0 Å². The Morgan fingerprint density at radius 1 is 0.667 bits per heavy atom. The molecule has 0 atom stereocenters. The summed E-state index contributed by atoms with van der Waals surface area (Å²) in [4.78, 5) is 8.36. The second-order valence-corrected chi connectivity index (χ2v) is 5.77. The van der Waals surface area contributed by atoms with Crippen LogP contribution in [0.25, 0.3) is 10.6 Å². The molecule has 0 aliphatic carbocycles. The van der Waals surface area contributed by atoms with Gasteiger partial charge >= 0.3 is 0 Å². The summed E-state index contributed by atoms with van der Waals surface area (Å²) in [7, 11) is 0. The summed E-state index contributed by atoms with van der Waals surface area (Å²) < 4.78 is 0. The third-order valence-electron chi connectivity index (χ3n) is 1.91. The van der Waals surface area contributed by atoms with E-state index in [9.17, 15) is 0 Å². The molecule has 0 N–H and O–H groups in total. The Balaban J connectivity index is -0.000000295. The molecule has 0 aliphatic rings. The summed E-state index contributed by atoms with van der Waals surface area (Å²) in [5.74, 6) is 0. The Hall–Kier alpha value is -0.221. The Bertz CT molecular complexity index is 223. The maximum Gasteiger partial charge on any atom is 0.0438 e. The summed E-state index contributed by atoms with van der Waals surface area (Å²) in [5, 5.41) is 8.49. The monoisotopic (exact) mass is 337 g/mol. The van der Waals surface area contributed by atoms with Crippen LogP contribution in [0.3, 0.4) is 0 Å². The molecule has 0 rings (SSSR count). The van der Waals surface area contributed by atoms with Crippen molar-refractivity contribution in [3.05, 3.63) is 10.6 Å². The first kappa shape index (κ1) is 25.7. The van der Waals surface area contributed by atoms with E-state index in [4.69, 9.17) is 0 Å². The molecule has 0 saturated heterocycles. The van der Waals surface area contributed by atoms with Crippen LogP contribution >= 0.6 is 0 Å². The fourth-order valence-electron chi connectivity index (χ4n) is 1.03. The maximum atomic E-state index is 4.25. The van der Waals surface area contributed by atoms with E-state index in [1.807, 2.05) is 12.4 Å². The van der Waals surface area contributed by atoms with Gasteiger partial charge in [-0.3, -0.25) is 9.98 Å². The van der Waals surface area contributed by atoms with Gasteiger partial charge in [0.25, 0.3) is 0 Å². The molecule has 0 heterocycles. The van der Waals surface area contributed by atoms with E-state index in [0.29, 0.717) is 24.2 Å².